The quantitative estimate of drug-likeness (QED) is 0.688. The first kappa shape index (κ1) is 15.2. The molecule has 3 saturated carbocycles. The summed E-state index contributed by atoms with van der Waals surface area (Å²) >= 11 is 0. The summed E-state index contributed by atoms with van der Waals surface area (Å²) in [7, 11) is 0. The number of nitrogens with zero attached hydrogens (tertiary/aromatic N) is 1. The predicted molar refractivity (Wildman–Crippen MR) is 96.0 cm³/mol. The van der Waals surface area contributed by atoms with Gasteiger partial charge in [0, 0.05) is 24.3 Å². The van der Waals surface area contributed by atoms with Crippen LogP contribution < -0.4 is 5.73 Å². The van der Waals surface area contributed by atoms with Gasteiger partial charge in [-0.1, -0.05) is 25.5 Å². The second-order valence-corrected chi connectivity index (χ2v) is 10.0. The van der Waals surface area contributed by atoms with Gasteiger partial charge in [0.1, 0.15) is 5.84 Å². The molecule has 4 bridgehead atoms. The van der Waals surface area contributed by atoms with Gasteiger partial charge >= 0.3 is 0 Å². The Morgan fingerprint density at radius 2 is 2.00 bits per heavy atom. The molecule has 7 aliphatic rings. The third kappa shape index (κ3) is 1.61. The van der Waals surface area contributed by atoms with E-state index in [1.165, 1.54) is 38.5 Å². The lowest BCUT2D eigenvalue weighted by Crippen LogP contribution is -2.69. The SMILES string of the molecule is CC12CCCC3(C(N)=NC1)C2CCC12C=CC(CC13)C1(C2)OCCO1. The van der Waals surface area contributed by atoms with Crippen LogP contribution in [-0.2, 0) is 9.47 Å². The minimum atomic E-state index is -0.340. The van der Waals surface area contributed by atoms with Gasteiger partial charge in [-0.2, -0.15) is 0 Å². The van der Waals surface area contributed by atoms with E-state index in [1.807, 2.05) is 0 Å². The van der Waals surface area contributed by atoms with E-state index in [4.69, 9.17) is 20.2 Å². The smallest absolute Gasteiger partial charge is 0.175 e. The Kier molecular flexibility index (Phi) is 2.74. The summed E-state index contributed by atoms with van der Waals surface area (Å²) in [5, 5.41) is 0. The van der Waals surface area contributed by atoms with E-state index in [0.717, 1.165) is 37.9 Å². The first-order valence-corrected chi connectivity index (χ1v) is 10.3. The fourth-order valence-electron chi connectivity index (χ4n) is 8.22. The second-order valence-electron chi connectivity index (χ2n) is 10.0. The summed E-state index contributed by atoms with van der Waals surface area (Å²) in [4.78, 5) is 4.93. The zero-order valence-corrected chi connectivity index (χ0v) is 15.3. The lowest BCUT2D eigenvalue weighted by atomic mass is 9.36. The van der Waals surface area contributed by atoms with Gasteiger partial charge < -0.3 is 15.2 Å². The van der Waals surface area contributed by atoms with Crippen molar-refractivity contribution in [1.29, 1.82) is 0 Å². The van der Waals surface area contributed by atoms with Crippen LogP contribution in [0.5, 0.6) is 0 Å². The number of allylic oxidation sites excluding steroid dienone is 1. The Bertz CT molecular complexity index is 681. The number of amidine groups is 1. The molecule has 6 atom stereocenters. The molecular formula is C21H30N2O2. The zero-order chi connectivity index (χ0) is 16.9. The van der Waals surface area contributed by atoms with Gasteiger partial charge in [0.15, 0.2) is 5.79 Å². The highest BCUT2D eigenvalue weighted by molar-refractivity contribution is 5.89. The van der Waals surface area contributed by atoms with Crippen molar-refractivity contribution in [2.75, 3.05) is 19.8 Å². The molecule has 25 heavy (non-hydrogen) atoms. The number of aliphatic imine (C=N–C) groups is 1. The Hall–Kier alpha value is -0.870. The molecule has 5 aliphatic carbocycles. The van der Waals surface area contributed by atoms with Gasteiger partial charge in [-0.25, -0.2) is 0 Å². The molecule has 0 aromatic carbocycles. The Morgan fingerprint density at radius 1 is 1.16 bits per heavy atom. The minimum Gasteiger partial charge on any atom is -0.387 e. The van der Waals surface area contributed by atoms with Crippen molar-refractivity contribution < 1.29 is 9.47 Å². The highest BCUT2D eigenvalue weighted by atomic mass is 16.7. The van der Waals surface area contributed by atoms with E-state index in [9.17, 15) is 0 Å². The van der Waals surface area contributed by atoms with E-state index in [0.29, 0.717) is 17.3 Å². The molecule has 2 heterocycles. The summed E-state index contributed by atoms with van der Waals surface area (Å²) in [6.45, 7) is 4.93. The highest BCUT2D eigenvalue weighted by Gasteiger charge is 2.70. The lowest BCUT2D eigenvalue weighted by Gasteiger charge is -2.69. The van der Waals surface area contributed by atoms with Gasteiger partial charge in [0.2, 0.25) is 0 Å². The van der Waals surface area contributed by atoms with Crippen molar-refractivity contribution in [1.82, 2.24) is 0 Å². The molecular weight excluding hydrogens is 312 g/mol. The minimum absolute atomic E-state index is 0.132. The van der Waals surface area contributed by atoms with Gasteiger partial charge in [-0.15, -0.1) is 0 Å². The maximum absolute atomic E-state index is 6.73. The molecule has 2 aliphatic heterocycles. The molecule has 1 saturated heterocycles. The van der Waals surface area contributed by atoms with Crippen molar-refractivity contribution in [2.24, 2.45) is 44.7 Å². The Morgan fingerprint density at radius 3 is 2.84 bits per heavy atom. The maximum Gasteiger partial charge on any atom is 0.175 e. The van der Waals surface area contributed by atoms with Crippen LogP contribution in [0, 0.1) is 34.0 Å². The summed E-state index contributed by atoms with van der Waals surface area (Å²) in [6, 6.07) is 0. The fourth-order valence-corrected chi connectivity index (χ4v) is 8.22. The Balaban J connectivity index is 1.49. The van der Waals surface area contributed by atoms with Crippen molar-refractivity contribution in [3.63, 3.8) is 0 Å². The van der Waals surface area contributed by atoms with E-state index < -0.39 is 0 Å². The molecule has 4 nitrogen and oxygen atoms in total. The zero-order valence-electron chi connectivity index (χ0n) is 15.3. The van der Waals surface area contributed by atoms with E-state index in [2.05, 4.69) is 19.1 Å². The molecule has 4 fully saturated rings. The molecule has 0 aromatic heterocycles. The fraction of sp³-hybridized carbons (Fsp3) is 0.857. The summed E-state index contributed by atoms with van der Waals surface area (Å²) < 4.78 is 12.4. The molecule has 4 heteroatoms. The number of hydrogen-bond acceptors (Lipinski definition) is 4. The van der Waals surface area contributed by atoms with Crippen molar-refractivity contribution in [3.05, 3.63) is 12.2 Å². The Labute approximate surface area is 150 Å². The van der Waals surface area contributed by atoms with Crippen molar-refractivity contribution in [2.45, 2.75) is 57.7 Å². The van der Waals surface area contributed by atoms with Crippen LogP contribution in [0.1, 0.15) is 51.9 Å². The molecule has 2 N–H and O–H groups in total. The average Bonchev–Trinajstić information content (AvgIpc) is 3.06. The molecule has 7 rings (SSSR count). The molecule has 0 amide bonds. The van der Waals surface area contributed by atoms with E-state index in [1.54, 1.807) is 0 Å². The summed E-state index contributed by atoms with van der Waals surface area (Å²) in [5.41, 5.74) is 7.43. The van der Waals surface area contributed by atoms with Gasteiger partial charge in [-0.3, -0.25) is 4.99 Å². The largest absolute Gasteiger partial charge is 0.387 e. The monoisotopic (exact) mass is 342 g/mol. The number of hydrogen-bond donors (Lipinski definition) is 1. The lowest BCUT2D eigenvalue weighted by molar-refractivity contribution is -0.260. The molecule has 136 valence electrons. The van der Waals surface area contributed by atoms with Crippen LogP contribution in [0.3, 0.4) is 0 Å². The standard InChI is InChI=1S/C21H30N2O2/c1-18-5-2-6-20(17(22)23-13-18)15(18)4-8-19-7-3-14(11-16(19)20)21(12-19)24-9-10-25-21/h3,7,14-16H,2,4-6,8-13H2,1H3,(H2,22,23). The summed E-state index contributed by atoms with van der Waals surface area (Å²) in [5.74, 6) is 2.37. The number of rotatable bonds is 0. The van der Waals surface area contributed by atoms with E-state index >= 15 is 0 Å². The van der Waals surface area contributed by atoms with Crippen LogP contribution >= 0.6 is 0 Å². The first-order valence-electron chi connectivity index (χ1n) is 10.3. The maximum atomic E-state index is 6.73. The van der Waals surface area contributed by atoms with Gasteiger partial charge in [-0.05, 0) is 54.8 Å². The van der Waals surface area contributed by atoms with Crippen LogP contribution in [0.4, 0.5) is 0 Å². The topological polar surface area (TPSA) is 56.8 Å². The van der Waals surface area contributed by atoms with Crippen LogP contribution in [0.15, 0.2) is 17.1 Å². The average molecular weight is 342 g/mol. The van der Waals surface area contributed by atoms with Crippen molar-refractivity contribution >= 4 is 5.84 Å². The third-order valence-corrected chi connectivity index (χ3v) is 9.17. The molecule has 6 unspecified atom stereocenters. The van der Waals surface area contributed by atoms with E-state index in [-0.39, 0.29) is 16.6 Å². The van der Waals surface area contributed by atoms with Gasteiger partial charge in [0.25, 0.3) is 0 Å². The summed E-state index contributed by atoms with van der Waals surface area (Å²) in [6.07, 6.45) is 13.6. The number of ether oxygens (including phenoxy) is 2. The van der Waals surface area contributed by atoms with Crippen molar-refractivity contribution in [3.8, 4) is 0 Å². The molecule has 0 radical (unpaired) electrons. The van der Waals surface area contributed by atoms with Crippen LogP contribution in [0.25, 0.3) is 0 Å². The second kappa shape index (κ2) is 4.51. The molecule has 0 aromatic rings. The number of nitrogens with two attached hydrogens (primary N) is 1. The van der Waals surface area contributed by atoms with Gasteiger partial charge in [0.05, 0.1) is 13.2 Å². The van der Waals surface area contributed by atoms with Crippen LogP contribution in [0.2, 0.25) is 0 Å². The first-order chi connectivity index (χ1) is 12.0. The highest BCUT2D eigenvalue weighted by Crippen LogP contribution is 2.72. The van der Waals surface area contributed by atoms with Crippen LogP contribution in [-0.4, -0.2) is 31.4 Å². The molecule has 2 spiro atoms. The normalized spacial score (nSPS) is 54.9. The third-order valence-electron chi connectivity index (χ3n) is 9.17. The predicted octanol–water partition coefficient (Wildman–Crippen LogP) is 3.27.